The van der Waals surface area contributed by atoms with Crippen LogP contribution in [0.3, 0.4) is 0 Å². The molecule has 1 heterocycles. The van der Waals surface area contributed by atoms with E-state index in [-0.39, 0.29) is 15.4 Å². The van der Waals surface area contributed by atoms with Crippen LogP contribution >= 0.6 is 23.1 Å². The first kappa shape index (κ1) is 16.7. The maximum absolute atomic E-state index is 12.0. The normalized spacial score (nSPS) is 16.2. The van der Waals surface area contributed by atoms with Crippen LogP contribution in [-0.2, 0) is 14.8 Å². The summed E-state index contributed by atoms with van der Waals surface area (Å²) < 4.78 is 26.4. The molecule has 1 fully saturated rings. The smallest absolute Gasteiger partial charge is 0.269 e. The topological polar surface area (TPSA) is 101 Å². The number of nitrogens with one attached hydrogen (secondary N) is 2. The van der Waals surface area contributed by atoms with Crippen molar-refractivity contribution in [2.45, 2.75) is 42.2 Å². The molecule has 0 aliphatic heterocycles. The number of hydrogen-bond acceptors (Lipinski definition) is 7. The van der Waals surface area contributed by atoms with Gasteiger partial charge in [-0.2, -0.15) is 11.8 Å². The molecule has 118 valence electrons. The Hall–Kier alpha value is -0.710. The molecule has 0 aromatic carbocycles. The number of rotatable bonds is 7. The summed E-state index contributed by atoms with van der Waals surface area (Å²) in [5, 5.41) is 10.5. The summed E-state index contributed by atoms with van der Waals surface area (Å²) in [6.07, 6.45) is 5.02. The van der Waals surface area contributed by atoms with Gasteiger partial charge in [0.05, 0.1) is 0 Å². The first-order valence-corrected chi connectivity index (χ1v) is 10.0. The molecule has 1 aromatic rings. The lowest BCUT2D eigenvalue weighted by molar-refractivity contribution is -0.114. The van der Waals surface area contributed by atoms with Crippen molar-refractivity contribution in [1.82, 2.24) is 14.9 Å². The van der Waals surface area contributed by atoms with Gasteiger partial charge in [-0.1, -0.05) is 24.2 Å². The van der Waals surface area contributed by atoms with E-state index < -0.39 is 10.0 Å². The second-order valence-corrected chi connectivity index (χ2v) is 9.06. The molecule has 7 nitrogen and oxygen atoms in total. The van der Waals surface area contributed by atoms with Crippen molar-refractivity contribution in [2.75, 3.05) is 17.6 Å². The number of sulfonamides is 1. The molecule has 2 N–H and O–H groups in total. The summed E-state index contributed by atoms with van der Waals surface area (Å²) >= 11 is 2.66. The maximum Gasteiger partial charge on any atom is 0.269 e. The minimum Gasteiger partial charge on any atom is -0.301 e. The summed E-state index contributed by atoms with van der Waals surface area (Å²) in [4.78, 5) is 10.9. The lowest BCUT2D eigenvalue weighted by Crippen LogP contribution is -2.26. The molecule has 1 saturated carbocycles. The van der Waals surface area contributed by atoms with Crippen LogP contribution in [0.25, 0.3) is 0 Å². The Morgan fingerprint density at radius 1 is 1.38 bits per heavy atom. The highest BCUT2D eigenvalue weighted by Gasteiger charge is 2.20. The predicted octanol–water partition coefficient (Wildman–Crippen LogP) is 1.45. The Morgan fingerprint density at radius 3 is 2.76 bits per heavy atom. The molecular weight excluding hydrogens is 332 g/mol. The zero-order valence-corrected chi connectivity index (χ0v) is 14.1. The molecule has 0 radical (unpaired) electrons. The molecule has 2 rings (SSSR count). The van der Waals surface area contributed by atoms with E-state index in [0.29, 0.717) is 11.8 Å². The van der Waals surface area contributed by atoms with Crippen molar-refractivity contribution in [2.24, 2.45) is 0 Å². The molecule has 0 atom stereocenters. The molecule has 0 unspecified atom stereocenters. The van der Waals surface area contributed by atoms with Crippen molar-refractivity contribution >= 4 is 44.2 Å². The third-order valence-corrected chi connectivity index (χ3v) is 7.02. The largest absolute Gasteiger partial charge is 0.301 e. The number of nitrogens with zero attached hydrogens (tertiary/aromatic N) is 2. The quantitative estimate of drug-likeness (QED) is 0.570. The van der Waals surface area contributed by atoms with E-state index in [2.05, 4.69) is 20.2 Å². The van der Waals surface area contributed by atoms with E-state index in [1.54, 1.807) is 0 Å². The molecule has 10 heteroatoms. The average Bonchev–Trinajstić information content (AvgIpc) is 3.05. The lowest BCUT2D eigenvalue weighted by Gasteiger charge is -2.08. The summed E-state index contributed by atoms with van der Waals surface area (Å²) in [7, 11) is -3.64. The zero-order chi connectivity index (χ0) is 15.3. The summed E-state index contributed by atoms with van der Waals surface area (Å²) in [5.74, 6) is 0.442. The van der Waals surface area contributed by atoms with Crippen LogP contribution in [0.2, 0.25) is 0 Å². The van der Waals surface area contributed by atoms with Crippen molar-refractivity contribution in [3.05, 3.63) is 0 Å². The minimum atomic E-state index is -3.64. The molecule has 21 heavy (non-hydrogen) atoms. The van der Waals surface area contributed by atoms with Gasteiger partial charge in [-0.25, -0.2) is 13.1 Å². The van der Waals surface area contributed by atoms with Crippen LogP contribution in [0.5, 0.6) is 0 Å². The van der Waals surface area contributed by atoms with E-state index in [1.165, 1.54) is 32.6 Å². The highest BCUT2D eigenvalue weighted by molar-refractivity contribution is 8.00. The third-order valence-electron chi connectivity index (χ3n) is 2.97. The van der Waals surface area contributed by atoms with Crippen molar-refractivity contribution < 1.29 is 13.2 Å². The van der Waals surface area contributed by atoms with Gasteiger partial charge in [0.1, 0.15) is 0 Å². The van der Waals surface area contributed by atoms with Gasteiger partial charge in [-0.3, -0.25) is 4.79 Å². The van der Waals surface area contributed by atoms with Gasteiger partial charge >= 0.3 is 0 Å². The first-order chi connectivity index (χ1) is 9.97. The Kier molecular flexibility index (Phi) is 5.97. The maximum atomic E-state index is 12.0. The van der Waals surface area contributed by atoms with E-state index >= 15 is 0 Å². The Labute approximate surface area is 132 Å². The van der Waals surface area contributed by atoms with E-state index in [4.69, 9.17) is 0 Å². The zero-order valence-electron chi connectivity index (χ0n) is 11.7. The molecule has 1 aliphatic rings. The van der Waals surface area contributed by atoms with Gasteiger partial charge in [0.2, 0.25) is 15.4 Å². The lowest BCUT2D eigenvalue weighted by atomic mass is 10.4. The summed E-state index contributed by atoms with van der Waals surface area (Å²) in [5.41, 5.74) is 0. The summed E-state index contributed by atoms with van der Waals surface area (Å²) in [6, 6.07) is 0. The van der Waals surface area contributed by atoms with Gasteiger partial charge in [-0.15, -0.1) is 10.2 Å². The highest BCUT2D eigenvalue weighted by Crippen LogP contribution is 2.29. The second kappa shape index (κ2) is 7.52. The monoisotopic (exact) mass is 350 g/mol. The SMILES string of the molecule is CC(=O)Nc1nnc(S(=O)(=O)NCCSC2CCCC2)s1. The Balaban J connectivity index is 1.80. The molecule has 0 spiro atoms. The summed E-state index contributed by atoms with van der Waals surface area (Å²) in [6.45, 7) is 1.70. The van der Waals surface area contributed by atoms with Crippen LogP contribution in [0, 0.1) is 0 Å². The standard InChI is InChI=1S/C11H18N4O3S3/c1-8(16)13-10-14-15-11(20-10)21(17,18)12-6-7-19-9-4-2-3-5-9/h9,12H,2-7H2,1H3,(H,13,14,16). The number of amides is 1. The molecule has 0 saturated heterocycles. The predicted molar refractivity (Wildman–Crippen MR) is 84.1 cm³/mol. The molecule has 0 bridgehead atoms. The molecule has 1 aromatic heterocycles. The highest BCUT2D eigenvalue weighted by atomic mass is 32.2. The number of anilines is 1. The van der Waals surface area contributed by atoms with E-state index in [9.17, 15) is 13.2 Å². The van der Waals surface area contributed by atoms with Gasteiger partial charge in [0.25, 0.3) is 10.0 Å². The second-order valence-electron chi connectivity index (χ2n) is 4.73. The van der Waals surface area contributed by atoms with Crippen LogP contribution in [-0.4, -0.2) is 42.1 Å². The van der Waals surface area contributed by atoms with Gasteiger partial charge in [-0.05, 0) is 12.8 Å². The molecule has 1 aliphatic carbocycles. The van der Waals surface area contributed by atoms with Gasteiger partial charge in [0, 0.05) is 24.5 Å². The van der Waals surface area contributed by atoms with Crippen molar-refractivity contribution in [1.29, 1.82) is 0 Å². The number of thioether (sulfide) groups is 1. The minimum absolute atomic E-state index is 0.128. The number of aromatic nitrogens is 2. The fourth-order valence-corrected chi connectivity index (χ4v) is 5.41. The average molecular weight is 350 g/mol. The Morgan fingerprint density at radius 2 is 2.10 bits per heavy atom. The molecular formula is C11H18N4O3S3. The first-order valence-electron chi connectivity index (χ1n) is 6.70. The van der Waals surface area contributed by atoms with Crippen molar-refractivity contribution in [3.63, 3.8) is 0 Å². The van der Waals surface area contributed by atoms with Gasteiger partial charge in [0.15, 0.2) is 0 Å². The van der Waals surface area contributed by atoms with Crippen LogP contribution < -0.4 is 10.0 Å². The number of hydrogen-bond donors (Lipinski definition) is 2. The number of carbonyl (C=O) groups is 1. The van der Waals surface area contributed by atoms with E-state index in [0.717, 1.165) is 17.1 Å². The fraction of sp³-hybridized carbons (Fsp3) is 0.727. The Bertz CT molecular complexity index is 581. The van der Waals surface area contributed by atoms with Crippen molar-refractivity contribution in [3.8, 4) is 0 Å². The molecule has 1 amide bonds. The van der Waals surface area contributed by atoms with Crippen LogP contribution in [0.1, 0.15) is 32.6 Å². The van der Waals surface area contributed by atoms with Crippen LogP contribution in [0.15, 0.2) is 4.34 Å². The number of carbonyl (C=O) groups excluding carboxylic acids is 1. The van der Waals surface area contributed by atoms with Crippen LogP contribution in [0.4, 0.5) is 5.13 Å². The third kappa shape index (κ3) is 5.20. The van der Waals surface area contributed by atoms with Gasteiger partial charge < -0.3 is 5.32 Å². The van der Waals surface area contributed by atoms with E-state index in [1.807, 2.05) is 11.8 Å². The fourth-order valence-electron chi connectivity index (χ4n) is 2.04.